The van der Waals surface area contributed by atoms with E-state index in [2.05, 4.69) is 90.4 Å². The highest BCUT2D eigenvalue weighted by atomic mass is 15.5. The highest BCUT2D eigenvalue weighted by Crippen LogP contribution is 2.48. The predicted molar refractivity (Wildman–Crippen MR) is 117 cm³/mol. The first-order valence-electron chi connectivity index (χ1n) is 11.5. The summed E-state index contributed by atoms with van der Waals surface area (Å²) in [5.41, 5.74) is 3.89. The van der Waals surface area contributed by atoms with E-state index >= 15 is 0 Å². The monoisotopic (exact) mass is 373 g/mol. The van der Waals surface area contributed by atoms with Crippen LogP contribution in [-0.2, 0) is 0 Å². The van der Waals surface area contributed by atoms with Crippen LogP contribution >= 0.6 is 0 Å². The number of para-hydroxylation sites is 1. The lowest BCUT2D eigenvalue weighted by Gasteiger charge is -2.39. The molecule has 0 radical (unpaired) electrons. The molecule has 2 nitrogen and oxygen atoms in total. The molecule has 2 heterocycles. The van der Waals surface area contributed by atoms with Crippen LogP contribution in [0, 0.1) is 12.8 Å². The van der Waals surface area contributed by atoms with Crippen LogP contribution in [0.4, 0.5) is 5.69 Å². The lowest BCUT2D eigenvalue weighted by atomic mass is 9.83. The summed E-state index contributed by atoms with van der Waals surface area (Å²) in [6.45, 7) is 4.54. The van der Waals surface area contributed by atoms with E-state index in [1.54, 1.807) is 0 Å². The molecule has 4 atom stereocenters. The fraction of sp³-hybridized carbons (Fsp3) is 0.462. The van der Waals surface area contributed by atoms with Crippen LogP contribution in [0.15, 0.2) is 66.7 Å². The number of nitrogens with zero attached hydrogens (tertiary/aromatic N) is 2. The third-order valence-corrected chi connectivity index (χ3v) is 7.06. The summed E-state index contributed by atoms with van der Waals surface area (Å²) in [6.07, 6.45) is 10.9. The van der Waals surface area contributed by atoms with Crippen molar-refractivity contribution in [2.45, 2.75) is 70.2 Å². The lowest BCUT2D eigenvalue weighted by Crippen LogP contribution is -2.42. The van der Waals surface area contributed by atoms with Crippen molar-refractivity contribution in [1.29, 1.82) is 0 Å². The summed E-state index contributed by atoms with van der Waals surface area (Å²) >= 11 is 0. The molecule has 3 unspecified atom stereocenters. The van der Waals surface area contributed by atoms with Crippen molar-refractivity contribution < 1.29 is 1.37 Å². The zero-order valence-electron chi connectivity index (χ0n) is 18.1. The third kappa shape index (κ3) is 2.90. The highest BCUT2D eigenvalue weighted by molar-refractivity contribution is 5.58. The quantitative estimate of drug-likeness (QED) is 0.601. The van der Waals surface area contributed by atoms with E-state index in [0.29, 0.717) is 12.0 Å². The first-order valence-corrected chi connectivity index (χ1v) is 11.0. The van der Waals surface area contributed by atoms with Crippen LogP contribution in [0.5, 0.6) is 0 Å². The van der Waals surface area contributed by atoms with Gasteiger partial charge in [-0.15, -0.1) is 0 Å². The number of fused-ring (bicyclic) bond motifs is 1. The van der Waals surface area contributed by atoms with Crippen LogP contribution in [0.2, 0.25) is 0 Å². The van der Waals surface area contributed by atoms with Gasteiger partial charge in [-0.25, -0.2) is 0 Å². The molecule has 3 aliphatic rings. The molecule has 0 bridgehead atoms. The van der Waals surface area contributed by atoms with Gasteiger partial charge in [0.2, 0.25) is 0 Å². The average Bonchev–Trinajstić information content (AvgIpc) is 3.26. The number of aryl methyl sites for hydroxylation is 1. The summed E-state index contributed by atoms with van der Waals surface area (Å²) in [6, 6.07) is 19.6. The molecule has 5 rings (SSSR count). The minimum Gasteiger partial charge on any atom is -0.347 e. The second kappa shape index (κ2) is 7.40. The third-order valence-electron chi connectivity index (χ3n) is 7.06. The molecular formula is C26H32N2. The Morgan fingerprint density at radius 3 is 2.36 bits per heavy atom. The largest absolute Gasteiger partial charge is 0.347 e. The van der Waals surface area contributed by atoms with E-state index in [0.717, 1.165) is 0 Å². The van der Waals surface area contributed by atoms with Gasteiger partial charge in [-0.1, -0.05) is 79.9 Å². The average molecular weight is 374 g/mol. The Morgan fingerprint density at radius 2 is 1.61 bits per heavy atom. The molecule has 2 fully saturated rings. The van der Waals surface area contributed by atoms with Gasteiger partial charge in [-0.05, 0) is 49.8 Å². The molecule has 2 aromatic carbocycles. The number of anilines is 1. The molecular weight excluding hydrogens is 340 g/mol. The maximum Gasteiger partial charge on any atom is 0.110 e. The van der Waals surface area contributed by atoms with Gasteiger partial charge in [0.15, 0.2) is 0 Å². The van der Waals surface area contributed by atoms with Crippen molar-refractivity contribution in [3.63, 3.8) is 0 Å². The minimum atomic E-state index is -0.614. The molecule has 2 heteroatoms. The highest BCUT2D eigenvalue weighted by Gasteiger charge is 2.51. The molecule has 0 amide bonds. The van der Waals surface area contributed by atoms with Crippen molar-refractivity contribution in [2.75, 3.05) is 4.90 Å². The fourth-order valence-corrected chi connectivity index (χ4v) is 5.66. The van der Waals surface area contributed by atoms with Gasteiger partial charge in [0, 0.05) is 17.7 Å². The van der Waals surface area contributed by atoms with E-state index < -0.39 is 6.02 Å². The minimum absolute atomic E-state index is 0.0896. The van der Waals surface area contributed by atoms with Crippen LogP contribution in [0.1, 0.15) is 57.7 Å². The SMILES string of the molecule is [2H]C1(C2CCCCC2)C=CC2[C@H](C)N(c3ccccc3C)C(c3ccccc3)N21. The van der Waals surface area contributed by atoms with Crippen molar-refractivity contribution in [2.24, 2.45) is 5.92 Å². The number of benzene rings is 2. The van der Waals surface area contributed by atoms with Crippen LogP contribution < -0.4 is 4.90 Å². The van der Waals surface area contributed by atoms with E-state index in [1.165, 1.54) is 48.9 Å². The molecule has 0 aromatic heterocycles. The van der Waals surface area contributed by atoms with Crippen molar-refractivity contribution in [3.8, 4) is 0 Å². The summed E-state index contributed by atoms with van der Waals surface area (Å²) in [5.74, 6) is 0.424. The Kier molecular flexibility index (Phi) is 4.46. The van der Waals surface area contributed by atoms with E-state index in [-0.39, 0.29) is 12.2 Å². The van der Waals surface area contributed by atoms with Gasteiger partial charge < -0.3 is 4.90 Å². The normalized spacial score (nSPS) is 33.9. The van der Waals surface area contributed by atoms with Gasteiger partial charge in [0.1, 0.15) is 6.17 Å². The van der Waals surface area contributed by atoms with Gasteiger partial charge in [0.25, 0.3) is 0 Å². The summed E-state index contributed by atoms with van der Waals surface area (Å²) in [5, 5.41) is 0. The number of hydrogen-bond acceptors (Lipinski definition) is 2. The molecule has 28 heavy (non-hydrogen) atoms. The molecule has 1 aliphatic carbocycles. The first kappa shape index (κ1) is 16.9. The second-order valence-corrected chi connectivity index (χ2v) is 8.74. The fourth-order valence-electron chi connectivity index (χ4n) is 5.66. The van der Waals surface area contributed by atoms with Crippen LogP contribution in [0.3, 0.4) is 0 Å². The standard InChI is InChI=1S/C26H32N2/c1-19-11-9-10-16-23(19)27-20(2)24-17-18-25(21-12-5-3-6-13-21)28(24)26(27)22-14-7-4-8-15-22/h4,7-11,14-18,20-21,24-26H,3,5-6,12-13H2,1-2H3/t20-,24?,25?,26?/m0/s1/i25D. The molecule has 1 saturated carbocycles. The summed E-state index contributed by atoms with van der Waals surface area (Å²) in [4.78, 5) is 5.10. The molecule has 0 N–H and O–H groups in total. The Balaban J connectivity index is 1.63. The predicted octanol–water partition coefficient (Wildman–Crippen LogP) is 6.09. The van der Waals surface area contributed by atoms with Crippen LogP contribution in [0.25, 0.3) is 0 Å². The smallest absolute Gasteiger partial charge is 0.110 e. The van der Waals surface area contributed by atoms with E-state index in [9.17, 15) is 1.37 Å². The van der Waals surface area contributed by atoms with Crippen LogP contribution in [-0.4, -0.2) is 23.0 Å². The molecule has 146 valence electrons. The van der Waals surface area contributed by atoms with Gasteiger partial charge in [0.05, 0.1) is 7.41 Å². The second-order valence-electron chi connectivity index (χ2n) is 8.74. The molecule has 1 saturated heterocycles. The molecule has 2 aliphatic heterocycles. The summed E-state index contributed by atoms with van der Waals surface area (Å²) < 4.78 is 9.69. The zero-order valence-corrected chi connectivity index (χ0v) is 17.1. The van der Waals surface area contributed by atoms with Crippen molar-refractivity contribution in [3.05, 3.63) is 77.9 Å². The zero-order chi connectivity index (χ0) is 20.0. The Hall–Kier alpha value is -2.06. The first-order chi connectivity index (χ1) is 14.1. The van der Waals surface area contributed by atoms with Gasteiger partial charge in [-0.3, -0.25) is 4.90 Å². The number of rotatable bonds is 3. The maximum atomic E-state index is 9.69. The van der Waals surface area contributed by atoms with E-state index in [4.69, 9.17) is 0 Å². The topological polar surface area (TPSA) is 6.48 Å². The van der Waals surface area contributed by atoms with Crippen molar-refractivity contribution in [1.82, 2.24) is 4.90 Å². The molecule has 2 aromatic rings. The summed E-state index contributed by atoms with van der Waals surface area (Å²) in [7, 11) is 0. The maximum absolute atomic E-state index is 9.69. The molecule has 0 spiro atoms. The Morgan fingerprint density at radius 1 is 0.893 bits per heavy atom. The Labute approximate surface area is 171 Å². The van der Waals surface area contributed by atoms with Crippen molar-refractivity contribution >= 4 is 5.69 Å². The van der Waals surface area contributed by atoms with Gasteiger partial charge in [-0.2, -0.15) is 0 Å². The van der Waals surface area contributed by atoms with Gasteiger partial charge >= 0.3 is 0 Å². The lowest BCUT2D eigenvalue weighted by molar-refractivity contribution is 0.128. The number of hydrogen-bond donors (Lipinski definition) is 0. The Bertz CT molecular complexity index is 889. The van der Waals surface area contributed by atoms with E-state index in [1.807, 2.05) is 0 Å².